The van der Waals surface area contributed by atoms with Crippen molar-refractivity contribution in [3.63, 3.8) is 0 Å². The second-order valence-electron chi connectivity index (χ2n) is 7.93. The van der Waals surface area contributed by atoms with Crippen LogP contribution in [0.2, 0.25) is 0 Å². The van der Waals surface area contributed by atoms with Crippen molar-refractivity contribution >= 4 is 17.9 Å². The van der Waals surface area contributed by atoms with Gasteiger partial charge in [0.1, 0.15) is 0 Å². The molecule has 1 atom stereocenters. The highest BCUT2D eigenvalue weighted by atomic mass is 16.5. The Bertz CT molecular complexity index is 725. The molecule has 1 aliphatic carbocycles. The maximum atomic E-state index is 12.3. The molecule has 1 heterocycles. The van der Waals surface area contributed by atoms with Crippen LogP contribution in [0.1, 0.15) is 54.9 Å². The maximum Gasteiger partial charge on any atom is 0.338 e. The zero-order valence-electron chi connectivity index (χ0n) is 17.5. The van der Waals surface area contributed by atoms with Crippen LogP contribution in [0.25, 0.3) is 0 Å². The van der Waals surface area contributed by atoms with E-state index in [9.17, 15) is 14.4 Å². The molecule has 1 saturated carbocycles. The Kier molecular flexibility index (Phi) is 8.21. The van der Waals surface area contributed by atoms with Crippen LogP contribution in [0.4, 0.5) is 4.79 Å². The molecule has 164 valence electrons. The molecule has 1 aromatic rings. The molecule has 1 saturated heterocycles. The number of urea groups is 1. The van der Waals surface area contributed by atoms with Crippen molar-refractivity contribution in [2.75, 3.05) is 26.3 Å². The van der Waals surface area contributed by atoms with Gasteiger partial charge < -0.3 is 14.8 Å². The van der Waals surface area contributed by atoms with E-state index in [2.05, 4.69) is 15.5 Å². The van der Waals surface area contributed by atoms with Crippen LogP contribution >= 0.6 is 0 Å². The Morgan fingerprint density at radius 3 is 2.43 bits per heavy atom. The maximum absolute atomic E-state index is 12.3. The zero-order valence-corrected chi connectivity index (χ0v) is 17.5. The summed E-state index contributed by atoms with van der Waals surface area (Å²) in [7, 11) is 0. The predicted octanol–water partition coefficient (Wildman–Crippen LogP) is 2.22. The van der Waals surface area contributed by atoms with E-state index in [1.165, 1.54) is 13.3 Å². The number of imide groups is 1. The summed E-state index contributed by atoms with van der Waals surface area (Å²) in [4.78, 5) is 38.8. The summed E-state index contributed by atoms with van der Waals surface area (Å²) >= 11 is 0. The lowest BCUT2D eigenvalue weighted by molar-refractivity contribution is -0.127. The third-order valence-electron chi connectivity index (χ3n) is 5.53. The lowest BCUT2D eigenvalue weighted by Crippen LogP contribution is -2.48. The van der Waals surface area contributed by atoms with Crippen molar-refractivity contribution in [1.29, 1.82) is 0 Å². The molecule has 2 fully saturated rings. The summed E-state index contributed by atoms with van der Waals surface area (Å²) in [6.45, 7) is 5.52. The molecular formula is C22H31N3O5. The standard InChI is InChI=1S/C22H31N3O5/c1-16(20(26)24-22(28)23-19-5-3-2-4-6-19)30-21(27)18-9-7-17(8-10-18)15-25-11-13-29-14-12-25/h7-10,16,19H,2-6,11-15H2,1H3,(H2,23,24,26,28)/t16-/m0/s1. The van der Waals surface area contributed by atoms with Crippen LogP contribution in [0.15, 0.2) is 24.3 Å². The van der Waals surface area contributed by atoms with Gasteiger partial charge in [0, 0.05) is 25.7 Å². The molecule has 8 heteroatoms. The van der Waals surface area contributed by atoms with E-state index in [0.29, 0.717) is 5.56 Å². The highest BCUT2D eigenvalue weighted by Crippen LogP contribution is 2.17. The van der Waals surface area contributed by atoms with E-state index in [0.717, 1.165) is 64.1 Å². The fraction of sp³-hybridized carbons (Fsp3) is 0.591. The van der Waals surface area contributed by atoms with Gasteiger partial charge in [-0.05, 0) is 37.5 Å². The number of morpholine rings is 1. The number of rotatable bonds is 6. The molecular weight excluding hydrogens is 386 g/mol. The van der Waals surface area contributed by atoms with Crippen LogP contribution in [0.3, 0.4) is 0 Å². The predicted molar refractivity (Wildman–Crippen MR) is 111 cm³/mol. The molecule has 2 N–H and O–H groups in total. The van der Waals surface area contributed by atoms with Crippen molar-refractivity contribution in [2.24, 2.45) is 0 Å². The van der Waals surface area contributed by atoms with Gasteiger partial charge in [0.2, 0.25) is 0 Å². The number of benzene rings is 1. The quantitative estimate of drug-likeness (QED) is 0.689. The van der Waals surface area contributed by atoms with E-state index < -0.39 is 24.0 Å². The summed E-state index contributed by atoms with van der Waals surface area (Å²) in [5.41, 5.74) is 1.46. The van der Waals surface area contributed by atoms with Crippen molar-refractivity contribution in [3.05, 3.63) is 35.4 Å². The topological polar surface area (TPSA) is 97.0 Å². The highest BCUT2D eigenvalue weighted by Gasteiger charge is 2.23. The van der Waals surface area contributed by atoms with Gasteiger partial charge in [-0.3, -0.25) is 15.0 Å². The summed E-state index contributed by atoms with van der Waals surface area (Å²) < 4.78 is 10.6. The van der Waals surface area contributed by atoms with Crippen LogP contribution < -0.4 is 10.6 Å². The second-order valence-corrected chi connectivity index (χ2v) is 7.93. The summed E-state index contributed by atoms with van der Waals surface area (Å²) in [6, 6.07) is 6.71. The number of carbonyl (C=O) groups is 3. The van der Waals surface area contributed by atoms with E-state index in [1.807, 2.05) is 12.1 Å². The zero-order chi connectivity index (χ0) is 21.3. The van der Waals surface area contributed by atoms with Gasteiger partial charge in [0.25, 0.3) is 5.91 Å². The molecule has 0 bridgehead atoms. The first-order chi connectivity index (χ1) is 14.5. The Hall–Kier alpha value is -2.45. The number of carbonyl (C=O) groups excluding carboxylic acids is 3. The largest absolute Gasteiger partial charge is 0.449 e. The van der Waals surface area contributed by atoms with Gasteiger partial charge in [-0.25, -0.2) is 9.59 Å². The number of nitrogens with zero attached hydrogens (tertiary/aromatic N) is 1. The Balaban J connectivity index is 1.43. The molecule has 0 spiro atoms. The van der Waals surface area contributed by atoms with Crippen LogP contribution in [-0.4, -0.2) is 61.3 Å². The Labute approximate surface area is 177 Å². The Morgan fingerprint density at radius 1 is 1.10 bits per heavy atom. The summed E-state index contributed by atoms with van der Waals surface area (Å²) in [6.07, 6.45) is 4.13. The van der Waals surface area contributed by atoms with Gasteiger partial charge in [-0.2, -0.15) is 0 Å². The molecule has 1 aliphatic heterocycles. The fourth-order valence-electron chi connectivity index (χ4n) is 3.73. The third kappa shape index (κ3) is 6.81. The van der Waals surface area contributed by atoms with Gasteiger partial charge in [-0.15, -0.1) is 0 Å². The summed E-state index contributed by atoms with van der Waals surface area (Å²) in [5.74, 6) is -1.23. The number of amides is 3. The average molecular weight is 418 g/mol. The number of nitrogens with one attached hydrogen (secondary N) is 2. The molecule has 3 amide bonds. The molecule has 0 radical (unpaired) electrons. The van der Waals surface area contributed by atoms with Crippen molar-refractivity contribution in [2.45, 2.75) is 57.7 Å². The second kappa shape index (κ2) is 11.1. The molecule has 8 nitrogen and oxygen atoms in total. The van der Waals surface area contributed by atoms with Gasteiger partial charge in [0.05, 0.1) is 18.8 Å². The smallest absolute Gasteiger partial charge is 0.338 e. The number of hydrogen-bond donors (Lipinski definition) is 2. The van der Waals surface area contributed by atoms with Crippen molar-refractivity contribution < 1.29 is 23.9 Å². The van der Waals surface area contributed by atoms with Gasteiger partial charge in [0.15, 0.2) is 6.10 Å². The first kappa shape index (κ1) is 22.2. The molecule has 2 aliphatic rings. The van der Waals surface area contributed by atoms with E-state index >= 15 is 0 Å². The van der Waals surface area contributed by atoms with Crippen molar-refractivity contribution in [3.8, 4) is 0 Å². The lowest BCUT2D eigenvalue weighted by Gasteiger charge is -2.26. The lowest BCUT2D eigenvalue weighted by atomic mass is 9.96. The molecule has 3 rings (SSSR count). The SMILES string of the molecule is C[C@H](OC(=O)c1ccc(CN2CCOCC2)cc1)C(=O)NC(=O)NC1CCCCC1. The Morgan fingerprint density at radius 2 is 1.77 bits per heavy atom. The minimum absolute atomic E-state index is 0.0976. The third-order valence-corrected chi connectivity index (χ3v) is 5.53. The van der Waals surface area contributed by atoms with E-state index in [-0.39, 0.29) is 6.04 Å². The fourth-order valence-corrected chi connectivity index (χ4v) is 3.73. The summed E-state index contributed by atoms with van der Waals surface area (Å²) in [5, 5.41) is 5.06. The van der Waals surface area contributed by atoms with E-state index in [1.54, 1.807) is 12.1 Å². The normalized spacial score (nSPS) is 19.0. The molecule has 0 unspecified atom stereocenters. The molecule has 1 aromatic carbocycles. The average Bonchev–Trinajstić information content (AvgIpc) is 2.75. The van der Waals surface area contributed by atoms with Crippen LogP contribution in [-0.2, 0) is 20.8 Å². The van der Waals surface area contributed by atoms with Crippen LogP contribution in [0, 0.1) is 0 Å². The van der Waals surface area contributed by atoms with Crippen LogP contribution in [0.5, 0.6) is 0 Å². The van der Waals surface area contributed by atoms with Gasteiger partial charge >= 0.3 is 12.0 Å². The first-order valence-corrected chi connectivity index (χ1v) is 10.7. The minimum atomic E-state index is -1.07. The molecule has 30 heavy (non-hydrogen) atoms. The minimum Gasteiger partial charge on any atom is -0.449 e. The highest BCUT2D eigenvalue weighted by molar-refractivity contribution is 5.98. The molecule has 0 aromatic heterocycles. The van der Waals surface area contributed by atoms with Gasteiger partial charge in [-0.1, -0.05) is 31.4 Å². The first-order valence-electron chi connectivity index (χ1n) is 10.7. The number of esters is 1. The monoisotopic (exact) mass is 417 g/mol. The number of hydrogen-bond acceptors (Lipinski definition) is 6. The van der Waals surface area contributed by atoms with Crippen molar-refractivity contribution in [1.82, 2.24) is 15.5 Å². The number of ether oxygens (including phenoxy) is 2. The van der Waals surface area contributed by atoms with E-state index in [4.69, 9.17) is 9.47 Å².